The second-order valence-corrected chi connectivity index (χ2v) is 2.18. The number of hydrogen-bond donors (Lipinski definition) is 1. The lowest BCUT2D eigenvalue weighted by Gasteiger charge is -2.02. The highest BCUT2D eigenvalue weighted by Crippen LogP contribution is 1.96. The Bertz CT molecular complexity index is 333. The molecule has 0 bridgehead atoms. The molecule has 0 saturated carbocycles. The highest BCUT2D eigenvalue weighted by molar-refractivity contribution is 5.73. The highest BCUT2D eigenvalue weighted by atomic mass is 15.4. The molecule has 0 radical (unpaired) electrons. The van der Waals surface area contributed by atoms with Crippen molar-refractivity contribution in [1.82, 2.24) is 20.3 Å². The van der Waals surface area contributed by atoms with Gasteiger partial charge in [0, 0.05) is 12.4 Å². The average molecular weight is 161 g/mol. The number of nitrogens with one attached hydrogen (secondary N) is 1. The molecule has 0 atom stereocenters. The smallest absolute Gasteiger partial charge is 0.148 e. The van der Waals surface area contributed by atoms with Crippen molar-refractivity contribution in [3.8, 4) is 0 Å². The normalized spacial score (nSPS) is 18.2. The van der Waals surface area contributed by atoms with Gasteiger partial charge in [0.2, 0.25) is 0 Å². The summed E-state index contributed by atoms with van der Waals surface area (Å²) in [5.41, 5.74) is 0. The first-order valence-electron chi connectivity index (χ1n) is 3.48. The molecule has 5 nitrogen and oxygen atoms in total. The van der Waals surface area contributed by atoms with E-state index in [-0.39, 0.29) is 0 Å². The predicted octanol–water partition coefficient (Wildman–Crippen LogP) is 0.222. The Hall–Kier alpha value is -1.91. The number of rotatable bonds is 1. The van der Waals surface area contributed by atoms with Crippen molar-refractivity contribution < 1.29 is 0 Å². The van der Waals surface area contributed by atoms with Crippen molar-refractivity contribution in [3.05, 3.63) is 30.5 Å². The second-order valence-electron chi connectivity index (χ2n) is 2.18. The van der Waals surface area contributed by atoms with E-state index in [2.05, 4.69) is 20.6 Å². The molecular weight excluding hydrogens is 154 g/mol. The molecule has 0 unspecified atom stereocenters. The molecule has 0 fully saturated rings. The van der Waals surface area contributed by atoms with Crippen LogP contribution in [0.1, 0.15) is 0 Å². The summed E-state index contributed by atoms with van der Waals surface area (Å²) in [6.07, 6.45) is 10.4. The monoisotopic (exact) mass is 161 g/mol. The molecule has 0 aliphatic carbocycles. The first-order valence-corrected chi connectivity index (χ1v) is 3.48. The van der Waals surface area contributed by atoms with Gasteiger partial charge in [0.15, 0.2) is 0 Å². The van der Waals surface area contributed by atoms with Crippen LogP contribution in [0.5, 0.6) is 0 Å². The first-order chi connectivity index (χ1) is 5.95. The summed E-state index contributed by atoms with van der Waals surface area (Å²) >= 11 is 0. The van der Waals surface area contributed by atoms with Gasteiger partial charge in [0.25, 0.3) is 0 Å². The van der Waals surface area contributed by atoms with Crippen LogP contribution < -0.4 is 5.32 Å². The minimum atomic E-state index is 0.739. The van der Waals surface area contributed by atoms with Crippen LogP contribution in [0.25, 0.3) is 6.20 Å². The van der Waals surface area contributed by atoms with Crippen LogP contribution in [0.15, 0.2) is 35.5 Å². The summed E-state index contributed by atoms with van der Waals surface area (Å²) in [4.78, 5) is 4.05. The third-order valence-corrected chi connectivity index (χ3v) is 1.32. The molecule has 1 N–H and O–H groups in total. The zero-order valence-electron chi connectivity index (χ0n) is 6.25. The second kappa shape index (κ2) is 3.00. The fraction of sp³-hybridized carbons (Fsp3) is 0. The van der Waals surface area contributed by atoms with E-state index in [1.54, 1.807) is 35.7 Å². The molecular formula is C7H7N5. The van der Waals surface area contributed by atoms with Gasteiger partial charge in [-0.1, -0.05) is 5.21 Å². The van der Waals surface area contributed by atoms with Crippen molar-refractivity contribution in [3.63, 3.8) is 0 Å². The maximum atomic E-state index is 4.05. The van der Waals surface area contributed by atoms with Crippen molar-refractivity contribution in [2.24, 2.45) is 4.99 Å². The van der Waals surface area contributed by atoms with Crippen molar-refractivity contribution in [2.45, 2.75) is 0 Å². The number of nitrogens with zero attached hydrogens (tertiary/aromatic N) is 4. The lowest BCUT2D eigenvalue weighted by atomic mass is 10.5. The molecule has 0 spiro atoms. The zero-order chi connectivity index (χ0) is 8.23. The number of aliphatic imine (C=N–C) groups is 1. The summed E-state index contributed by atoms with van der Waals surface area (Å²) < 4.78 is 1.58. The van der Waals surface area contributed by atoms with Crippen molar-refractivity contribution in [1.29, 1.82) is 0 Å². The molecule has 0 saturated heterocycles. The summed E-state index contributed by atoms with van der Waals surface area (Å²) in [6.45, 7) is 0. The summed E-state index contributed by atoms with van der Waals surface area (Å²) in [6, 6.07) is 0. The van der Waals surface area contributed by atoms with Gasteiger partial charge in [-0.05, 0) is 6.08 Å². The third kappa shape index (κ3) is 1.39. The minimum absolute atomic E-state index is 0.739. The average Bonchev–Trinajstić information content (AvgIpc) is 2.59. The molecule has 60 valence electrons. The van der Waals surface area contributed by atoms with Gasteiger partial charge in [-0.3, -0.25) is 0 Å². The Balaban J connectivity index is 2.19. The molecule has 1 aliphatic rings. The van der Waals surface area contributed by atoms with E-state index in [4.69, 9.17) is 0 Å². The fourth-order valence-electron chi connectivity index (χ4n) is 0.819. The van der Waals surface area contributed by atoms with E-state index in [1.807, 2.05) is 6.08 Å². The van der Waals surface area contributed by atoms with Crippen molar-refractivity contribution in [2.75, 3.05) is 0 Å². The molecule has 2 heterocycles. The van der Waals surface area contributed by atoms with Gasteiger partial charge in [-0.25, -0.2) is 9.67 Å². The minimum Gasteiger partial charge on any atom is -0.345 e. The molecule has 0 aromatic carbocycles. The van der Waals surface area contributed by atoms with E-state index in [0.29, 0.717) is 0 Å². The van der Waals surface area contributed by atoms with Gasteiger partial charge in [0.1, 0.15) is 5.82 Å². The van der Waals surface area contributed by atoms with Gasteiger partial charge < -0.3 is 5.32 Å². The number of aromatic nitrogens is 3. The first kappa shape index (κ1) is 6.78. The van der Waals surface area contributed by atoms with Crippen LogP contribution in [-0.4, -0.2) is 21.2 Å². The lowest BCUT2D eigenvalue weighted by Crippen LogP contribution is -2.07. The Morgan fingerprint density at radius 2 is 2.50 bits per heavy atom. The van der Waals surface area contributed by atoms with Gasteiger partial charge in [0.05, 0.1) is 18.6 Å². The van der Waals surface area contributed by atoms with E-state index in [1.165, 1.54) is 0 Å². The maximum absolute atomic E-state index is 4.05. The fourth-order valence-corrected chi connectivity index (χ4v) is 0.819. The van der Waals surface area contributed by atoms with Crippen LogP contribution in [-0.2, 0) is 0 Å². The Kier molecular flexibility index (Phi) is 1.69. The van der Waals surface area contributed by atoms with Crippen LogP contribution in [0.4, 0.5) is 0 Å². The van der Waals surface area contributed by atoms with E-state index in [9.17, 15) is 0 Å². The molecule has 1 aliphatic heterocycles. The van der Waals surface area contributed by atoms with Crippen LogP contribution in [0, 0.1) is 0 Å². The molecule has 2 rings (SSSR count). The molecule has 1 aromatic heterocycles. The van der Waals surface area contributed by atoms with Crippen molar-refractivity contribution >= 4 is 12.4 Å². The molecule has 12 heavy (non-hydrogen) atoms. The number of allylic oxidation sites excluding steroid dienone is 1. The molecule has 5 heteroatoms. The molecule has 0 amide bonds. The Morgan fingerprint density at radius 1 is 1.50 bits per heavy atom. The lowest BCUT2D eigenvalue weighted by molar-refractivity contribution is 0.828. The van der Waals surface area contributed by atoms with Gasteiger partial charge in [-0.15, -0.1) is 5.10 Å². The van der Waals surface area contributed by atoms with E-state index >= 15 is 0 Å². The van der Waals surface area contributed by atoms with Crippen LogP contribution in [0.2, 0.25) is 0 Å². The largest absolute Gasteiger partial charge is 0.345 e. The van der Waals surface area contributed by atoms with Crippen LogP contribution >= 0.6 is 0 Å². The predicted molar refractivity (Wildman–Crippen MR) is 45.1 cm³/mol. The summed E-state index contributed by atoms with van der Waals surface area (Å²) in [5, 5.41) is 10.4. The summed E-state index contributed by atoms with van der Waals surface area (Å²) in [7, 11) is 0. The molecule has 1 aromatic rings. The zero-order valence-corrected chi connectivity index (χ0v) is 6.25. The van der Waals surface area contributed by atoms with Gasteiger partial charge >= 0.3 is 0 Å². The quantitative estimate of drug-likeness (QED) is 0.641. The van der Waals surface area contributed by atoms with E-state index < -0.39 is 0 Å². The SMILES string of the molecule is C1=CNC(=Cn2ccnn2)N=C1. The topological polar surface area (TPSA) is 55.1 Å². The van der Waals surface area contributed by atoms with E-state index in [0.717, 1.165) is 5.82 Å². The van der Waals surface area contributed by atoms with Gasteiger partial charge in [-0.2, -0.15) is 0 Å². The standard InChI is InChI=1S/C7H7N5/c1-2-8-7(9-3-1)6-12-5-4-10-11-12/h1-6,8H. The third-order valence-electron chi connectivity index (χ3n) is 1.32. The Morgan fingerprint density at radius 3 is 3.17 bits per heavy atom. The Labute approximate surface area is 69.1 Å². The maximum Gasteiger partial charge on any atom is 0.148 e. The summed E-state index contributed by atoms with van der Waals surface area (Å²) in [5.74, 6) is 0.739. The number of hydrogen-bond acceptors (Lipinski definition) is 4. The van der Waals surface area contributed by atoms with Crippen LogP contribution in [0.3, 0.4) is 0 Å². The highest BCUT2D eigenvalue weighted by Gasteiger charge is 1.93.